The number of hydrogen-bond donors (Lipinski definition) is 0. The Balaban J connectivity index is 2.27. The highest BCUT2D eigenvalue weighted by Gasteiger charge is 2.36. The number of carbonyl (C=O) groups excluding carboxylic acids is 1. The first-order chi connectivity index (χ1) is 8.63. The van der Waals surface area contributed by atoms with Crippen molar-refractivity contribution in [2.45, 2.75) is 19.1 Å². The van der Waals surface area contributed by atoms with Crippen molar-refractivity contribution in [3.8, 4) is 0 Å². The zero-order chi connectivity index (χ0) is 13.1. The van der Waals surface area contributed by atoms with Gasteiger partial charge in [0.1, 0.15) is 0 Å². The van der Waals surface area contributed by atoms with Crippen LogP contribution in [0.2, 0.25) is 10.0 Å². The maximum Gasteiger partial charge on any atom is 0.335 e. The molecule has 1 aromatic carbocycles. The first-order valence-corrected chi connectivity index (χ1v) is 6.17. The lowest BCUT2D eigenvalue weighted by Gasteiger charge is -2.17. The van der Waals surface area contributed by atoms with Crippen LogP contribution in [0.3, 0.4) is 0 Å². The molecule has 0 aliphatic carbocycles. The summed E-state index contributed by atoms with van der Waals surface area (Å²) in [5.74, 6) is -0.438. The maximum absolute atomic E-state index is 11.7. The second-order valence-electron chi connectivity index (χ2n) is 3.67. The first kappa shape index (κ1) is 13.2. The van der Waals surface area contributed by atoms with Crippen LogP contribution in [-0.4, -0.2) is 25.0 Å². The van der Waals surface area contributed by atoms with Crippen molar-refractivity contribution < 1.29 is 14.3 Å². The van der Waals surface area contributed by atoms with E-state index in [2.05, 4.69) is 4.99 Å². The molecule has 1 heterocycles. The molecule has 0 saturated heterocycles. The van der Waals surface area contributed by atoms with Gasteiger partial charge in [-0.3, -0.25) is 0 Å². The smallest absolute Gasteiger partial charge is 0.335 e. The molecule has 1 aromatic rings. The first-order valence-electron chi connectivity index (χ1n) is 5.42. The Morgan fingerprint density at radius 1 is 1.50 bits per heavy atom. The van der Waals surface area contributed by atoms with Gasteiger partial charge in [-0.05, 0) is 25.1 Å². The SMILES string of the molecule is CCOC(=O)C1N=COC1c1cc(Cl)ccc1Cl. The van der Waals surface area contributed by atoms with Crippen LogP contribution < -0.4 is 0 Å². The van der Waals surface area contributed by atoms with E-state index in [1.165, 1.54) is 6.40 Å². The minimum Gasteiger partial charge on any atom is -0.473 e. The van der Waals surface area contributed by atoms with Gasteiger partial charge in [-0.1, -0.05) is 23.2 Å². The van der Waals surface area contributed by atoms with Crippen LogP contribution in [0.25, 0.3) is 0 Å². The Morgan fingerprint density at radius 2 is 2.28 bits per heavy atom. The van der Waals surface area contributed by atoms with Crippen molar-refractivity contribution in [2.24, 2.45) is 4.99 Å². The lowest BCUT2D eigenvalue weighted by atomic mass is 10.0. The van der Waals surface area contributed by atoms with E-state index in [0.29, 0.717) is 22.2 Å². The fourth-order valence-electron chi connectivity index (χ4n) is 1.71. The van der Waals surface area contributed by atoms with Crippen molar-refractivity contribution in [3.63, 3.8) is 0 Å². The zero-order valence-corrected chi connectivity index (χ0v) is 11.1. The third-order valence-corrected chi connectivity index (χ3v) is 3.09. The fraction of sp³-hybridized carbons (Fsp3) is 0.333. The highest BCUT2D eigenvalue weighted by Crippen LogP contribution is 2.34. The molecule has 1 aliphatic heterocycles. The summed E-state index contributed by atoms with van der Waals surface area (Å²) in [5, 5.41) is 0.997. The van der Waals surface area contributed by atoms with Gasteiger partial charge in [0.05, 0.1) is 6.61 Å². The summed E-state index contributed by atoms with van der Waals surface area (Å²) in [6, 6.07) is 4.25. The van der Waals surface area contributed by atoms with Crippen LogP contribution >= 0.6 is 23.2 Å². The molecule has 4 nitrogen and oxygen atoms in total. The monoisotopic (exact) mass is 287 g/mol. The van der Waals surface area contributed by atoms with E-state index < -0.39 is 18.1 Å². The summed E-state index contributed by atoms with van der Waals surface area (Å²) in [5.41, 5.74) is 0.625. The van der Waals surface area contributed by atoms with Crippen LogP contribution in [0.4, 0.5) is 0 Å². The van der Waals surface area contributed by atoms with Crippen molar-refractivity contribution in [3.05, 3.63) is 33.8 Å². The number of esters is 1. The molecule has 0 fully saturated rings. The van der Waals surface area contributed by atoms with Crippen LogP contribution in [0.1, 0.15) is 18.6 Å². The molecule has 0 N–H and O–H groups in total. The minimum atomic E-state index is -0.735. The maximum atomic E-state index is 11.7. The Kier molecular flexibility index (Phi) is 4.09. The Morgan fingerprint density at radius 3 is 3.00 bits per heavy atom. The molecule has 0 saturated carbocycles. The van der Waals surface area contributed by atoms with E-state index in [-0.39, 0.29) is 0 Å². The predicted molar refractivity (Wildman–Crippen MR) is 69.2 cm³/mol. The van der Waals surface area contributed by atoms with Gasteiger partial charge in [0, 0.05) is 15.6 Å². The van der Waals surface area contributed by atoms with Crippen LogP contribution in [0.5, 0.6) is 0 Å². The van der Waals surface area contributed by atoms with Gasteiger partial charge in [-0.25, -0.2) is 9.79 Å². The molecule has 6 heteroatoms. The normalized spacial score (nSPS) is 21.7. The van der Waals surface area contributed by atoms with E-state index in [1.807, 2.05) is 0 Å². The fourth-order valence-corrected chi connectivity index (χ4v) is 2.11. The number of benzene rings is 1. The Bertz CT molecular complexity index is 490. The third-order valence-electron chi connectivity index (χ3n) is 2.51. The molecule has 0 amide bonds. The van der Waals surface area contributed by atoms with E-state index in [0.717, 1.165) is 0 Å². The van der Waals surface area contributed by atoms with Crippen molar-refractivity contribution >= 4 is 35.6 Å². The quantitative estimate of drug-likeness (QED) is 0.803. The zero-order valence-electron chi connectivity index (χ0n) is 9.60. The Labute approximate surface area is 115 Å². The van der Waals surface area contributed by atoms with Gasteiger partial charge >= 0.3 is 5.97 Å². The molecular weight excluding hydrogens is 277 g/mol. The van der Waals surface area contributed by atoms with Crippen LogP contribution in [0, 0.1) is 0 Å². The molecular formula is C12H11Cl2NO3. The predicted octanol–water partition coefficient (Wildman–Crippen LogP) is 3.02. The molecule has 0 spiro atoms. The molecule has 2 unspecified atom stereocenters. The molecule has 0 aromatic heterocycles. The number of nitrogens with zero attached hydrogens (tertiary/aromatic N) is 1. The summed E-state index contributed by atoms with van der Waals surface area (Å²) in [4.78, 5) is 15.7. The van der Waals surface area contributed by atoms with Crippen molar-refractivity contribution in [1.29, 1.82) is 0 Å². The van der Waals surface area contributed by atoms with Gasteiger partial charge in [0.2, 0.25) is 0 Å². The summed E-state index contributed by atoms with van der Waals surface area (Å²) in [6.45, 7) is 2.03. The van der Waals surface area contributed by atoms with Gasteiger partial charge < -0.3 is 9.47 Å². The summed E-state index contributed by atoms with van der Waals surface area (Å²) in [7, 11) is 0. The molecule has 1 aliphatic rings. The van der Waals surface area contributed by atoms with E-state index in [1.54, 1.807) is 25.1 Å². The number of aliphatic imine (C=N–C) groups is 1. The number of rotatable bonds is 3. The minimum absolute atomic E-state index is 0.293. The highest BCUT2D eigenvalue weighted by atomic mass is 35.5. The standard InChI is InChI=1S/C12H11Cl2NO3/c1-2-17-12(16)10-11(18-6-15-10)8-5-7(13)3-4-9(8)14/h3-6,10-11H,2H2,1H3. The average Bonchev–Trinajstić information content (AvgIpc) is 2.81. The summed E-state index contributed by atoms with van der Waals surface area (Å²) >= 11 is 12.0. The van der Waals surface area contributed by atoms with Gasteiger partial charge in [-0.2, -0.15) is 0 Å². The topological polar surface area (TPSA) is 47.9 Å². The van der Waals surface area contributed by atoms with Crippen molar-refractivity contribution in [2.75, 3.05) is 6.61 Å². The molecule has 0 bridgehead atoms. The van der Waals surface area contributed by atoms with E-state index in [9.17, 15) is 4.79 Å². The van der Waals surface area contributed by atoms with Crippen molar-refractivity contribution in [1.82, 2.24) is 0 Å². The number of ether oxygens (including phenoxy) is 2. The molecule has 96 valence electrons. The highest BCUT2D eigenvalue weighted by molar-refractivity contribution is 6.33. The number of hydrogen-bond acceptors (Lipinski definition) is 4. The molecule has 18 heavy (non-hydrogen) atoms. The number of carbonyl (C=O) groups is 1. The van der Waals surface area contributed by atoms with E-state index in [4.69, 9.17) is 32.7 Å². The van der Waals surface area contributed by atoms with Gasteiger partial charge in [0.15, 0.2) is 18.5 Å². The lowest BCUT2D eigenvalue weighted by Crippen LogP contribution is -2.26. The molecule has 0 radical (unpaired) electrons. The largest absolute Gasteiger partial charge is 0.473 e. The third kappa shape index (κ3) is 2.60. The van der Waals surface area contributed by atoms with Gasteiger partial charge in [0.25, 0.3) is 0 Å². The van der Waals surface area contributed by atoms with Crippen LogP contribution in [0.15, 0.2) is 23.2 Å². The molecule has 2 atom stereocenters. The average molecular weight is 288 g/mol. The second-order valence-corrected chi connectivity index (χ2v) is 4.52. The van der Waals surface area contributed by atoms with Crippen LogP contribution in [-0.2, 0) is 14.3 Å². The lowest BCUT2D eigenvalue weighted by molar-refractivity contribution is -0.146. The summed E-state index contributed by atoms with van der Waals surface area (Å²) < 4.78 is 10.3. The second kappa shape index (κ2) is 5.59. The summed E-state index contributed by atoms with van der Waals surface area (Å²) in [6.07, 6.45) is 0.652. The van der Waals surface area contributed by atoms with E-state index >= 15 is 0 Å². The number of halogens is 2. The molecule has 2 rings (SSSR count). The Hall–Kier alpha value is -1.26. The van der Waals surface area contributed by atoms with Gasteiger partial charge in [-0.15, -0.1) is 0 Å².